The van der Waals surface area contributed by atoms with E-state index in [2.05, 4.69) is 30.4 Å². The molecule has 0 amide bonds. The second kappa shape index (κ2) is 4.01. The highest BCUT2D eigenvalue weighted by Crippen LogP contribution is 2.27. The summed E-state index contributed by atoms with van der Waals surface area (Å²) < 4.78 is 5.20. The molecule has 2 nitrogen and oxygen atoms in total. The monoisotopic (exact) mass is 191 g/mol. The zero-order valence-corrected chi connectivity index (χ0v) is 8.84. The fraction of sp³-hybridized carbons (Fsp3) is 0.500. The van der Waals surface area contributed by atoms with Crippen LogP contribution in [-0.2, 0) is 0 Å². The van der Waals surface area contributed by atoms with Crippen LogP contribution in [-0.4, -0.2) is 20.2 Å². The van der Waals surface area contributed by atoms with Crippen LogP contribution >= 0.6 is 0 Å². The average molecular weight is 191 g/mol. The molecule has 1 fully saturated rings. The molecule has 1 atom stereocenters. The van der Waals surface area contributed by atoms with Crippen LogP contribution in [0.2, 0.25) is 0 Å². The van der Waals surface area contributed by atoms with Gasteiger partial charge in [0.2, 0.25) is 0 Å². The molecule has 1 heterocycles. The Labute approximate surface area is 85.3 Å². The first-order chi connectivity index (χ1) is 6.81. The summed E-state index contributed by atoms with van der Waals surface area (Å²) in [6.45, 7) is 4.43. The topological polar surface area (TPSA) is 21.3 Å². The molecule has 14 heavy (non-hydrogen) atoms. The number of nitrogens with one attached hydrogen (secondary N) is 1. The molecule has 1 unspecified atom stereocenters. The molecule has 1 N–H and O–H groups in total. The van der Waals surface area contributed by atoms with Gasteiger partial charge in [0.1, 0.15) is 5.75 Å². The van der Waals surface area contributed by atoms with Gasteiger partial charge in [-0.2, -0.15) is 0 Å². The molecule has 1 aliphatic rings. The highest BCUT2D eigenvalue weighted by Gasteiger charge is 2.18. The third-order valence-electron chi connectivity index (χ3n) is 2.98. The molecule has 2 rings (SSSR count). The molecule has 0 spiro atoms. The minimum atomic E-state index is 0.695. The van der Waals surface area contributed by atoms with Crippen molar-refractivity contribution in [3.05, 3.63) is 29.3 Å². The number of methoxy groups -OCH3 is 1. The zero-order chi connectivity index (χ0) is 9.97. The summed E-state index contributed by atoms with van der Waals surface area (Å²) in [4.78, 5) is 0. The van der Waals surface area contributed by atoms with Crippen molar-refractivity contribution in [1.82, 2.24) is 5.32 Å². The van der Waals surface area contributed by atoms with Gasteiger partial charge in [0.25, 0.3) is 0 Å². The van der Waals surface area contributed by atoms with Crippen molar-refractivity contribution in [3.8, 4) is 5.75 Å². The molecule has 0 aliphatic carbocycles. The fourth-order valence-corrected chi connectivity index (χ4v) is 2.15. The minimum Gasteiger partial charge on any atom is -0.497 e. The Hall–Kier alpha value is -1.02. The van der Waals surface area contributed by atoms with Crippen LogP contribution in [0.3, 0.4) is 0 Å². The summed E-state index contributed by atoms with van der Waals surface area (Å²) in [5.41, 5.74) is 2.81. The maximum Gasteiger partial charge on any atom is 0.119 e. The molecule has 1 aromatic carbocycles. The molecule has 0 aromatic heterocycles. The standard InChI is InChI=1S/C12H17NO/c1-9-7-11(14-2)3-4-12(9)10-5-6-13-8-10/h3-4,7,10,13H,5-6,8H2,1-2H3. The molecule has 2 heteroatoms. The van der Waals surface area contributed by atoms with Crippen molar-refractivity contribution in [2.75, 3.05) is 20.2 Å². The average Bonchev–Trinajstić information content (AvgIpc) is 2.70. The van der Waals surface area contributed by atoms with Crippen molar-refractivity contribution in [2.24, 2.45) is 0 Å². The van der Waals surface area contributed by atoms with Gasteiger partial charge in [0.15, 0.2) is 0 Å². The molecule has 0 radical (unpaired) electrons. The quantitative estimate of drug-likeness (QED) is 0.772. The van der Waals surface area contributed by atoms with E-state index in [1.165, 1.54) is 17.5 Å². The highest BCUT2D eigenvalue weighted by molar-refractivity contribution is 5.37. The van der Waals surface area contributed by atoms with E-state index in [0.29, 0.717) is 5.92 Å². The SMILES string of the molecule is COc1ccc(C2CCNC2)c(C)c1. The lowest BCUT2D eigenvalue weighted by atomic mass is 9.94. The van der Waals surface area contributed by atoms with Crippen LogP contribution in [0.25, 0.3) is 0 Å². The van der Waals surface area contributed by atoms with Gasteiger partial charge >= 0.3 is 0 Å². The molecule has 1 aromatic rings. The lowest BCUT2D eigenvalue weighted by Crippen LogP contribution is -2.08. The Morgan fingerprint density at radius 1 is 1.43 bits per heavy atom. The van der Waals surface area contributed by atoms with E-state index < -0.39 is 0 Å². The first-order valence-electron chi connectivity index (χ1n) is 5.16. The minimum absolute atomic E-state index is 0.695. The Morgan fingerprint density at radius 2 is 2.29 bits per heavy atom. The Kier molecular flexibility index (Phi) is 2.73. The van der Waals surface area contributed by atoms with E-state index in [-0.39, 0.29) is 0 Å². The summed E-state index contributed by atoms with van der Waals surface area (Å²) in [5.74, 6) is 1.65. The van der Waals surface area contributed by atoms with Crippen molar-refractivity contribution in [2.45, 2.75) is 19.3 Å². The number of hydrogen-bond acceptors (Lipinski definition) is 2. The molecule has 0 saturated carbocycles. The fourth-order valence-electron chi connectivity index (χ4n) is 2.15. The number of rotatable bonds is 2. The predicted molar refractivity (Wildman–Crippen MR) is 58.0 cm³/mol. The van der Waals surface area contributed by atoms with Crippen molar-refractivity contribution in [1.29, 1.82) is 0 Å². The summed E-state index contributed by atoms with van der Waals surface area (Å²) in [6, 6.07) is 6.38. The van der Waals surface area contributed by atoms with Crippen LogP contribution in [0.15, 0.2) is 18.2 Å². The molecule has 1 saturated heterocycles. The first kappa shape index (κ1) is 9.53. The highest BCUT2D eigenvalue weighted by atomic mass is 16.5. The Morgan fingerprint density at radius 3 is 2.86 bits per heavy atom. The van der Waals surface area contributed by atoms with E-state index >= 15 is 0 Å². The van der Waals surface area contributed by atoms with Gasteiger partial charge < -0.3 is 10.1 Å². The maximum absolute atomic E-state index is 5.20. The number of ether oxygens (including phenoxy) is 1. The number of aryl methyl sites for hydroxylation is 1. The third kappa shape index (κ3) is 1.75. The van der Waals surface area contributed by atoms with Gasteiger partial charge in [-0.3, -0.25) is 0 Å². The molecule has 1 aliphatic heterocycles. The Bertz CT molecular complexity index is 316. The van der Waals surface area contributed by atoms with Crippen LogP contribution in [0, 0.1) is 6.92 Å². The largest absolute Gasteiger partial charge is 0.497 e. The normalized spacial score (nSPS) is 21.1. The lowest BCUT2D eigenvalue weighted by Gasteiger charge is -2.13. The van der Waals surface area contributed by atoms with Crippen molar-refractivity contribution in [3.63, 3.8) is 0 Å². The van der Waals surface area contributed by atoms with Crippen molar-refractivity contribution < 1.29 is 4.74 Å². The van der Waals surface area contributed by atoms with Crippen molar-refractivity contribution >= 4 is 0 Å². The predicted octanol–water partition coefficient (Wildman–Crippen LogP) is 2.08. The maximum atomic E-state index is 5.20. The lowest BCUT2D eigenvalue weighted by molar-refractivity contribution is 0.414. The van der Waals surface area contributed by atoms with E-state index in [1.54, 1.807) is 7.11 Å². The third-order valence-corrected chi connectivity index (χ3v) is 2.98. The molecule has 76 valence electrons. The van der Waals surface area contributed by atoms with Crippen LogP contribution < -0.4 is 10.1 Å². The smallest absolute Gasteiger partial charge is 0.119 e. The summed E-state index contributed by atoms with van der Waals surface area (Å²) in [6.07, 6.45) is 1.26. The van der Waals surface area contributed by atoms with E-state index in [9.17, 15) is 0 Å². The summed E-state index contributed by atoms with van der Waals surface area (Å²) >= 11 is 0. The van der Waals surface area contributed by atoms with Crippen LogP contribution in [0.1, 0.15) is 23.5 Å². The van der Waals surface area contributed by atoms with E-state index in [1.807, 2.05) is 0 Å². The summed E-state index contributed by atoms with van der Waals surface area (Å²) in [7, 11) is 1.71. The van der Waals surface area contributed by atoms with E-state index in [4.69, 9.17) is 4.74 Å². The second-order valence-corrected chi connectivity index (χ2v) is 3.91. The van der Waals surface area contributed by atoms with Gasteiger partial charge in [-0.05, 0) is 49.1 Å². The molecular formula is C12H17NO. The van der Waals surface area contributed by atoms with Gasteiger partial charge in [-0.1, -0.05) is 6.07 Å². The van der Waals surface area contributed by atoms with Crippen LogP contribution in [0.4, 0.5) is 0 Å². The van der Waals surface area contributed by atoms with Gasteiger partial charge in [0.05, 0.1) is 7.11 Å². The number of hydrogen-bond donors (Lipinski definition) is 1. The Balaban J connectivity index is 2.25. The first-order valence-corrected chi connectivity index (χ1v) is 5.16. The second-order valence-electron chi connectivity index (χ2n) is 3.91. The molecule has 0 bridgehead atoms. The van der Waals surface area contributed by atoms with Gasteiger partial charge in [-0.15, -0.1) is 0 Å². The number of benzene rings is 1. The van der Waals surface area contributed by atoms with E-state index in [0.717, 1.165) is 18.8 Å². The van der Waals surface area contributed by atoms with Crippen LogP contribution in [0.5, 0.6) is 5.75 Å². The van der Waals surface area contributed by atoms with Gasteiger partial charge in [-0.25, -0.2) is 0 Å². The van der Waals surface area contributed by atoms with Gasteiger partial charge in [0, 0.05) is 6.54 Å². The molecular weight excluding hydrogens is 174 g/mol. The summed E-state index contributed by atoms with van der Waals surface area (Å²) in [5, 5.41) is 3.40. The zero-order valence-electron chi connectivity index (χ0n) is 8.84.